The SMILES string of the molecule is Cc1ncsc1C(=O)N1CCC(CN(C)c2cc(C(F)(F)F)ccn2)CC1. The molecule has 0 aromatic carbocycles. The van der Waals surface area contributed by atoms with Crippen molar-refractivity contribution in [2.24, 2.45) is 5.92 Å². The topological polar surface area (TPSA) is 49.3 Å². The van der Waals surface area contributed by atoms with Crippen molar-refractivity contribution in [3.63, 3.8) is 0 Å². The molecule has 0 aliphatic carbocycles. The molecule has 0 spiro atoms. The van der Waals surface area contributed by atoms with E-state index in [1.54, 1.807) is 17.5 Å². The number of piperidine rings is 1. The first-order valence-corrected chi connectivity index (χ1v) is 9.57. The van der Waals surface area contributed by atoms with Gasteiger partial charge in [0.1, 0.15) is 10.7 Å². The van der Waals surface area contributed by atoms with Crippen molar-refractivity contribution >= 4 is 23.1 Å². The molecule has 0 N–H and O–H groups in total. The fourth-order valence-electron chi connectivity index (χ4n) is 3.25. The standard InChI is InChI=1S/C18H21F3N4OS/c1-12-16(27-11-23-12)17(26)25-7-4-13(5-8-25)10-24(2)15-9-14(3-6-22-15)18(19,20)21/h3,6,9,11,13H,4-5,7-8,10H2,1-2H3. The summed E-state index contributed by atoms with van der Waals surface area (Å²) in [5.74, 6) is 0.628. The summed E-state index contributed by atoms with van der Waals surface area (Å²) in [6, 6.07) is 2.05. The molecule has 1 aliphatic rings. The van der Waals surface area contributed by atoms with Crippen LogP contribution in [0.15, 0.2) is 23.8 Å². The number of anilines is 1. The van der Waals surface area contributed by atoms with E-state index < -0.39 is 11.7 Å². The molecular weight excluding hydrogens is 377 g/mol. The number of thiazole rings is 1. The Morgan fingerprint density at radius 3 is 2.63 bits per heavy atom. The van der Waals surface area contributed by atoms with E-state index >= 15 is 0 Å². The average Bonchev–Trinajstić information content (AvgIpc) is 3.07. The van der Waals surface area contributed by atoms with Crippen LogP contribution in [0.2, 0.25) is 0 Å². The second-order valence-corrected chi connectivity index (χ2v) is 7.64. The molecule has 3 heterocycles. The van der Waals surface area contributed by atoms with Crippen LogP contribution in [0.1, 0.15) is 33.8 Å². The second kappa shape index (κ2) is 7.84. The van der Waals surface area contributed by atoms with Crippen LogP contribution >= 0.6 is 11.3 Å². The summed E-state index contributed by atoms with van der Waals surface area (Å²) in [7, 11) is 1.75. The van der Waals surface area contributed by atoms with Gasteiger partial charge in [0.2, 0.25) is 0 Å². The molecule has 0 unspecified atom stereocenters. The van der Waals surface area contributed by atoms with Crippen LogP contribution in [0.3, 0.4) is 0 Å². The summed E-state index contributed by atoms with van der Waals surface area (Å²) in [5, 5.41) is 0. The highest BCUT2D eigenvalue weighted by Gasteiger charge is 2.31. The van der Waals surface area contributed by atoms with Gasteiger partial charge in [0, 0.05) is 32.9 Å². The minimum atomic E-state index is -4.38. The highest BCUT2D eigenvalue weighted by molar-refractivity contribution is 7.11. The van der Waals surface area contributed by atoms with Gasteiger partial charge in [-0.3, -0.25) is 4.79 Å². The number of hydrogen-bond acceptors (Lipinski definition) is 5. The second-order valence-electron chi connectivity index (χ2n) is 6.78. The number of nitrogens with zero attached hydrogens (tertiary/aromatic N) is 4. The van der Waals surface area contributed by atoms with Gasteiger partial charge in [-0.05, 0) is 37.8 Å². The third-order valence-corrected chi connectivity index (χ3v) is 5.75. The fourth-order valence-corrected chi connectivity index (χ4v) is 4.02. The minimum absolute atomic E-state index is 0.0151. The van der Waals surface area contributed by atoms with Crippen molar-refractivity contribution in [2.75, 3.05) is 31.6 Å². The molecule has 27 heavy (non-hydrogen) atoms. The molecule has 3 rings (SSSR count). The highest BCUT2D eigenvalue weighted by Crippen LogP contribution is 2.31. The van der Waals surface area contributed by atoms with Crippen LogP contribution in [0, 0.1) is 12.8 Å². The third-order valence-electron chi connectivity index (χ3n) is 4.84. The summed E-state index contributed by atoms with van der Waals surface area (Å²) in [5.41, 5.74) is 1.73. The Kier molecular flexibility index (Phi) is 5.69. The summed E-state index contributed by atoms with van der Waals surface area (Å²) in [6.07, 6.45) is -1.56. The van der Waals surface area contributed by atoms with E-state index in [1.807, 2.05) is 11.8 Å². The van der Waals surface area contributed by atoms with E-state index in [0.29, 0.717) is 36.2 Å². The zero-order valence-corrected chi connectivity index (χ0v) is 16.0. The lowest BCUT2D eigenvalue weighted by molar-refractivity contribution is -0.137. The van der Waals surface area contributed by atoms with Crippen molar-refractivity contribution in [3.05, 3.63) is 40.0 Å². The van der Waals surface area contributed by atoms with Gasteiger partial charge < -0.3 is 9.80 Å². The normalized spacial score (nSPS) is 15.8. The molecule has 0 bridgehead atoms. The number of pyridine rings is 1. The maximum absolute atomic E-state index is 12.9. The number of carbonyl (C=O) groups is 1. The zero-order chi connectivity index (χ0) is 19.6. The van der Waals surface area contributed by atoms with E-state index in [-0.39, 0.29) is 5.91 Å². The molecule has 2 aromatic heterocycles. The van der Waals surface area contributed by atoms with Crippen LogP contribution in [0.5, 0.6) is 0 Å². The van der Waals surface area contributed by atoms with Crippen LogP contribution in [-0.2, 0) is 6.18 Å². The summed E-state index contributed by atoms with van der Waals surface area (Å²) in [4.78, 5) is 25.0. The van der Waals surface area contributed by atoms with E-state index in [9.17, 15) is 18.0 Å². The lowest BCUT2D eigenvalue weighted by Gasteiger charge is -2.34. The van der Waals surface area contributed by atoms with Gasteiger partial charge in [0.05, 0.1) is 16.8 Å². The smallest absolute Gasteiger partial charge is 0.359 e. The van der Waals surface area contributed by atoms with Gasteiger partial charge in [-0.2, -0.15) is 13.2 Å². The number of hydrogen-bond donors (Lipinski definition) is 0. The molecule has 1 amide bonds. The molecule has 1 fully saturated rings. The Labute approximate surface area is 159 Å². The number of alkyl halides is 3. The molecule has 0 radical (unpaired) electrons. The van der Waals surface area contributed by atoms with Gasteiger partial charge in [0.15, 0.2) is 0 Å². The van der Waals surface area contributed by atoms with Crippen LogP contribution in [-0.4, -0.2) is 47.5 Å². The maximum Gasteiger partial charge on any atom is 0.416 e. The lowest BCUT2D eigenvalue weighted by Crippen LogP contribution is -2.41. The lowest BCUT2D eigenvalue weighted by atomic mass is 9.96. The van der Waals surface area contributed by atoms with Gasteiger partial charge in [-0.1, -0.05) is 0 Å². The maximum atomic E-state index is 12.9. The number of aryl methyl sites for hydroxylation is 1. The molecule has 146 valence electrons. The molecule has 1 aliphatic heterocycles. The van der Waals surface area contributed by atoms with E-state index in [0.717, 1.165) is 30.7 Å². The molecule has 5 nitrogen and oxygen atoms in total. The van der Waals surface area contributed by atoms with Crippen molar-refractivity contribution in [2.45, 2.75) is 25.9 Å². The number of halogens is 3. The Hall–Kier alpha value is -2.16. The number of carbonyl (C=O) groups excluding carboxylic acids is 1. The third kappa shape index (κ3) is 4.58. The molecule has 1 saturated heterocycles. The summed E-state index contributed by atoms with van der Waals surface area (Å²) >= 11 is 1.35. The zero-order valence-electron chi connectivity index (χ0n) is 15.2. The Morgan fingerprint density at radius 2 is 2.04 bits per heavy atom. The Bertz CT molecular complexity index is 800. The van der Waals surface area contributed by atoms with Crippen LogP contribution < -0.4 is 4.90 Å². The van der Waals surface area contributed by atoms with Gasteiger partial charge in [0.25, 0.3) is 5.91 Å². The minimum Gasteiger partial charge on any atom is -0.359 e. The van der Waals surface area contributed by atoms with Crippen molar-refractivity contribution in [1.29, 1.82) is 0 Å². The van der Waals surface area contributed by atoms with Crippen molar-refractivity contribution in [3.8, 4) is 0 Å². The van der Waals surface area contributed by atoms with Crippen molar-refractivity contribution in [1.82, 2.24) is 14.9 Å². The predicted octanol–water partition coefficient (Wildman–Crippen LogP) is 3.85. The van der Waals surface area contributed by atoms with Gasteiger partial charge in [-0.25, -0.2) is 9.97 Å². The fraction of sp³-hybridized carbons (Fsp3) is 0.500. The van der Waals surface area contributed by atoms with E-state index in [1.165, 1.54) is 17.5 Å². The van der Waals surface area contributed by atoms with Crippen LogP contribution in [0.25, 0.3) is 0 Å². The summed E-state index contributed by atoms with van der Waals surface area (Å²) < 4.78 is 38.6. The predicted molar refractivity (Wildman–Crippen MR) is 98.0 cm³/mol. The number of amides is 1. The van der Waals surface area contributed by atoms with E-state index in [4.69, 9.17) is 0 Å². The van der Waals surface area contributed by atoms with Crippen LogP contribution in [0.4, 0.5) is 19.0 Å². The number of likely N-dealkylation sites (tertiary alicyclic amines) is 1. The molecule has 9 heteroatoms. The molecule has 0 saturated carbocycles. The first-order valence-electron chi connectivity index (χ1n) is 8.69. The quantitative estimate of drug-likeness (QED) is 0.785. The van der Waals surface area contributed by atoms with E-state index in [2.05, 4.69) is 9.97 Å². The van der Waals surface area contributed by atoms with Gasteiger partial charge >= 0.3 is 6.18 Å². The number of rotatable bonds is 4. The monoisotopic (exact) mass is 398 g/mol. The Balaban J connectivity index is 1.56. The largest absolute Gasteiger partial charge is 0.416 e. The first kappa shape index (κ1) is 19.6. The Morgan fingerprint density at radius 1 is 1.33 bits per heavy atom. The molecule has 2 aromatic rings. The summed E-state index contributed by atoms with van der Waals surface area (Å²) in [6.45, 7) is 3.72. The number of aromatic nitrogens is 2. The van der Waals surface area contributed by atoms with Crippen molar-refractivity contribution < 1.29 is 18.0 Å². The molecule has 0 atom stereocenters. The highest BCUT2D eigenvalue weighted by atomic mass is 32.1. The average molecular weight is 398 g/mol. The molecular formula is C18H21F3N4OS. The first-order chi connectivity index (χ1) is 12.8. The van der Waals surface area contributed by atoms with Gasteiger partial charge in [-0.15, -0.1) is 11.3 Å².